The van der Waals surface area contributed by atoms with Crippen LogP contribution in [0.15, 0.2) is 24.5 Å². The first-order chi connectivity index (χ1) is 5.72. The average molecular weight is 184 g/mol. The van der Waals surface area contributed by atoms with Crippen molar-refractivity contribution in [2.24, 2.45) is 0 Å². The number of hydrogen-bond donors (Lipinski definition) is 0. The summed E-state index contributed by atoms with van der Waals surface area (Å²) in [7, 11) is 6.00. The minimum atomic E-state index is -0.404. The van der Waals surface area contributed by atoms with Crippen LogP contribution in [-0.4, -0.2) is 38.1 Å². The molecule has 74 valence electrons. The highest BCUT2D eigenvalue weighted by atomic mass is 16.5. The van der Waals surface area contributed by atoms with Gasteiger partial charge in [-0.1, -0.05) is 13.2 Å². The molecule has 3 heteroatoms. The van der Waals surface area contributed by atoms with Crippen molar-refractivity contribution in [3.8, 4) is 0 Å². The van der Waals surface area contributed by atoms with Crippen LogP contribution < -0.4 is 0 Å². The third kappa shape index (κ3) is 6.11. The highest BCUT2D eigenvalue weighted by Crippen LogP contribution is 2.04. The molecule has 0 aromatic rings. The van der Waals surface area contributed by atoms with Gasteiger partial charge in [0, 0.05) is 5.57 Å². The van der Waals surface area contributed by atoms with Crippen molar-refractivity contribution < 1.29 is 14.0 Å². The first kappa shape index (κ1) is 11.9. The van der Waals surface area contributed by atoms with Crippen LogP contribution >= 0.6 is 0 Å². The van der Waals surface area contributed by atoms with Crippen LogP contribution in [0, 0.1) is 0 Å². The Labute approximate surface area is 79.9 Å². The maximum atomic E-state index is 11.0. The molecule has 0 aliphatic heterocycles. The van der Waals surface area contributed by atoms with Gasteiger partial charge in [0.15, 0.2) is 5.76 Å². The van der Waals surface area contributed by atoms with E-state index in [9.17, 15) is 4.79 Å². The van der Waals surface area contributed by atoms with Crippen molar-refractivity contribution in [1.82, 2.24) is 0 Å². The summed E-state index contributed by atoms with van der Waals surface area (Å²) in [5.74, 6) is 0.0685. The summed E-state index contributed by atoms with van der Waals surface area (Å²) in [6.07, 6.45) is 0. The molecule has 0 atom stereocenters. The van der Waals surface area contributed by atoms with Crippen molar-refractivity contribution >= 4 is 5.97 Å². The van der Waals surface area contributed by atoms with Gasteiger partial charge in [0.05, 0.1) is 21.1 Å². The van der Waals surface area contributed by atoms with Gasteiger partial charge in [0.1, 0.15) is 6.54 Å². The number of carbonyl (C=O) groups excluding carboxylic acids is 1. The van der Waals surface area contributed by atoms with E-state index in [0.717, 1.165) is 0 Å². The smallest absolute Gasteiger partial charge is 0.338 e. The molecule has 0 aromatic heterocycles. The average Bonchev–Trinajstić information content (AvgIpc) is 1.81. The van der Waals surface area contributed by atoms with E-state index in [1.165, 1.54) is 0 Å². The molecule has 0 heterocycles. The zero-order valence-corrected chi connectivity index (χ0v) is 8.89. The fourth-order valence-electron chi connectivity index (χ4n) is 0.780. The first-order valence-corrected chi connectivity index (χ1v) is 4.08. The molecule has 0 saturated heterocycles. The number of esters is 1. The summed E-state index contributed by atoms with van der Waals surface area (Å²) >= 11 is 0. The molecule has 0 fully saturated rings. The second-order valence-electron chi connectivity index (χ2n) is 4.16. The maximum Gasteiger partial charge on any atom is 0.338 e. The fraction of sp³-hybridized carbons (Fsp3) is 0.500. The Morgan fingerprint density at radius 3 is 2.08 bits per heavy atom. The van der Waals surface area contributed by atoms with Crippen molar-refractivity contribution in [3.63, 3.8) is 0 Å². The van der Waals surface area contributed by atoms with Gasteiger partial charge in [-0.15, -0.1) is 0 Å². The monoisotopic (exact) mass is 184 g/mol. The molecule has 0 aromatic carbocycles. The SMILES string of the molecule is C=C(C[N+](C)(C)C)OC(=O)C(=C)C. The molecule has 0 unspecified atom stereocenters. The Morgan fingerprint density at radius 2 is 1.77 bits per heavy atom. The quantitative estimate of drug-likeness (QED) is 0.285. The van der Waals surface area contributed by atoms with E-state index in [0.29, 0.717) is 22.4 Å². The highest BCUT2D eigenvalue weighted by molar-refractivity contribution is 5.87. The summed E-state index contributed by atoms with van der Waals surface area (Å²) < 4.78 is 5.62. The van der Waals surface area contributed by atoms with Gasteiger partial charge in [0.2, 0.25) is 0 Å². The maximum absolute atomic E-state index is 11.0. The topological polar surface area (TPSA) is 26.3 Å². The van der Waals surface area contributed by atoms with E-state index in [1.807, 2.05) is 21.1 Å². The Balaban J connectivity index is 4.04. The van der Waals surface area contributed by atoms with Gasteiger partial charge in [0.25, 0.3) is 0 Å². The third-order valence-corrected chi connectivity index (χ3v) is 1.24. The van der Waals surface area contributed by atoms with E-state index in [1.54, 1.807) is 6.92 Å². The van der Waals surface area contributed by atoms with Crippen LogP contribution in [0.3, 0.4) is 0 Å². The number of likely N-dealkylation sites (N-methyl/N-ethyl adjacent to an activating group) is 1. The van der Waals surface area contributed by atoms with E-state index < -0.39 is 5.97 Å². The predicted molar refractivity (Wildman–Crippen MR) is 52.9 cm³/mol. The number of rotatable bonds is 4. The summed E-state index contributed by atoms with van der Waals surface area (Å²) in [5, 5.41) is 0. The molecular formula is C10H18NO2+. The second kappa shape index (κ2) is 4.23. The van der Waals surface area contributed by atoms with Gasteiger partial charge >= 0.3 is 5.97 Å². The molecule has 0 aliphatic rings. The molecule has 0 amide bonds. The Hall–Kier alpha value is -1.09. The van der Waals surface area contributed by atoms with E-state index in [4.69, 9.17) is 4.74 Å². The zero-order valence-electron chi connectivity index (χ0n) is 8.89. The molecule has 0 bridgehead atoms. The molecule has 0 spiro atoms. The number of quaternary nitrogens is 1. The lowest BCUT2D eigenvalue weighted by atomic mass is 10.3. The normalized spacial score (nSPS) is 10.8. The van der Waals surface area contributed by atoms with Gasteiger partial charge in [-0.2, -0.15) is 0 Å². The van der Waals surface area contributed by atoms with Gasteiger partial charge in [-0.05, 0) is 6.92 Å². The number of ether oxygens (including phenoxy) is 1. The van der Waals surface area contributed by atoms with E-state index in [-0.39, 0.29) is 0 Å². The second-order valence-corrected chi connectivity index (χ2v) is 4.16. The van der Waals surface area contributed by atoms with Crippen LogP contribution in [0.1, 0.15) is 6.92 Å². The number of carbonyl (C=O) groups is 1. The molecule has 0 radical (unpaired) electrons. The Bertz CT molecular complexity index is 236. The summed E-state index contributed by atoms with van der Waals surface area (Å²) in [4.78, 5) is 11.0. The molecule has 0 rings (SSSR count). The summed E-state index contributed by atoms with van der Waals surface area (Å²) in [6, 6.07) is 0. The molecule has 0 aliphatic carbocycles. The van der Waals surface area contributed by atoms with Crippen molar-refractivity contribution in [3.05, 3.63) is 24.5 Å². The number of hydrogen-bond acceptors (Lipinski definition) is 2. The Morgan fingerprint density at radius 1 is 1.31 bits per heavy atom. The minimum Gasteiger partial charge on any atom is -0.422 e. The van der Waals surface area contributed by atoms with Crippen LogP contribution in [0.4, 0.5) is 0 Å². The van der Waals surface area contributed by atoms with E-state index >= 15 is 0 Å². The predicted octanol–water partition coefficient (Wildman–Crippen LogP) is 1.33. The zero-order chi connectivity index (χ0) is 10.6. The molecular weight excluding hydrogens is 166 g/mol. The van der Waals surface area contributed by atoms with Crippen molar-refractivity contribution in [1.29, 1.82) is 0 Å². The summed E-state index contributed by atoms with van der Waals surface area (Å²) in [5.41, 5.74) is 0.391. The molecule has 3 nitrogen and oxygen atoms in total. The fourth-order valence-corrected chi connectivity index (χ4v) is 0.780. The summed E-state index contributed by atoms with van der Waals surface area (Å²) in [6.45, 7) is 9.37. The van der Waals surface area contributed by atoms with Crippen LogP contribution in [-0.2, 0) is 9.53 Å². The van der Waals surface area contributed by atoms with Gasteiger partial charge in [-0.25, -0.2) is 4.79 Å². The van der Waals surface area contributed by atoms with Crippen molar-refractivity contribution in [2.45, 2.75) is 6.92 Å². The lowest BCUT2D eigenvalue weighted by molar-refractivity contribution is -0.866. The first-order valence-electron chi connectivity index (χ1n) is 4.08. The number of nitrogens with zero attached hydrogens (tertiary/aromatic N) is 1. The lowest BCUT2D eigenvalue weighted by Crippen LogP contribution is -2.36. The van der Waals surface area contributed by atoms with E-state index in [2.05, 4.69) is 13.2 Å². The van der Waals surface area contributed by atoms with Crippen LogP contribution in [0.25, 0.3) is 0 Å². The van der Waals surface area contributed by atoms with Gasteiger partial charge < -0.3 is 9.22 Å². The van der Waals surface area contributed by atoms with Crippen LogP contribution in [0.2, 0.25) is 0 Å². The van der Waals surface area contributed by atoms with Crippen molar-refractivity contribution in [2.75, 3.05) is 27.7 Å². The minimum absolute atomic E-state index is 0.391. The largest absolute Gasteiger partial charge is 0.422 e. The lowest BCUT2D eigenvalue weighted by Gasteiger charge is -2.24. The van der Waals surface area contributed by atoms with Gasteiger partial charge in [-0.3, -0.25) is 0 Å². The van der Waals surface area contributed by atoms with Crippen LogP contribution in [0.5, 0.6) is 0 Å². The molecule has 0 saturated carbocycles. The standard InChI is InChI=1S/C10H18NO2/c1-8(2)10(12)13-9(3)7-11(4,5)6/h1,3,7H2,2,4-6H3/q+1. The Kier molecular flexibility index (Phi) is 3.88. The molecule has 13 heavy (non-hydrogen) atoms. The molecule has 0 N–H and O–H groups in total. The third-order valence-electron chi connectivity index (χ3n) is 1.24. The highest BCUT2D eigenvalue weighted by Gasteiger charge is 2.13.